The summed E-state index contributed by atoms with van der Waals surface area (Å²) in [5.41, 5.74) is 0. The summed E-state index contributed by atoms with van der Waals surface area (Å²) in [6, 6.07) is 0. The average Bonchev–Trinajstić information content (AvgIpc) is 2.36. The maximum Gasteiger partial charge on any atom is 0.305 e. The minimum absolute atomic E-state index is 0.0947. The average molecular weight is 260 g/mol. The SMILES string of the molecule is CCCCOCCOCCCCCC(=O)OCC. The van der Waals surface area contributed by atoms with Gasteiger partial charge in [-0.1, -0.05) is 19.8 Å². The fourth-order valence-corrected chi connectivity index (χ4v) is 1.45. The van der Waals surface area contributed by atoms with Gasteiger partial charge in [0, 0.05) is 19.6 Å². The first-order valence-electron chi connectivity index (χ1n) is 7.12. The second-order valence-corrected chi connectivity index (χ2v) is 4.19. The van der Waals surface area contributed by atoms with E-state index in [9.17, 15) is 4.79 Å². The van der Waals surface area contributed by atoms with Crippen LogP contribution in [0.15, 0.2) is 0 Å². The van der Waals surface area contributed by atoms with Crippen molar-refractivity contribution in [2.24, 2.45) is 0 Å². The third-order valence-electron chi connectivity index (χ3n) is 2.49. The van der Waals surface area contributed by atoms with Gasteiger partial charge in [0.25, 0.3) is 0 Å². The van der Waals surface area contributed by atoms with Crippen molar-refractivity contribution in [2.75, 3.05) is 33.0 Å². The Hall–Kier alpha value is -0.610. The zero-order chi connectivity index (χ0) is 13.5. The van der Waals surface area contributed by atoms with Crippen LogP contribution in [0, 0.1) is 0 Å². The van der Waals surface area contributed by atoms with Crippen molar-refractivity contribution >= 4 is 5.97 Å². The number of carbonyl (C=O) groups excluding carboxylic acids is 1. The number of hydrogen-bond acceptors (Lipinski definition) is 4. The summed E-state index contributed by atoms with van der Waals surface area (Å²) in [5.74, 6) is -0.0947. The van der Waals surface area contributed by atoms with Gasteiger partial charge in [0.05, 0.1) is 19.8 Å². The van der Waals surface area contributed by atoms with Crippen LogP contribution in [0.5, 0.6) is 0 Å². The molecular weight excluding hydrogens is 232 g/mol. The molecule has 0 aliphatic heterocycles. The summed E-state index contributed by atoms with van der Waals surface area (Å²) in [5, 5.41) is 0. The predicted molar refractivity (Wildman–Crippen MR) is 71.6 cm³/mol. The number of unbranched alkanes of at least 4 members (excludes halogenated alkanes) is 3. The number of carbonyl (C=O) groups is 1. The van der Waals surface area contributed by atoms with Crippen LogP contribution in [-0.4, -0.2) is 39.0 Å². The third kappa shape index (κ3) is 13.5. The van der Waals surface area contributed by atoms with Crippen LogP contribution >= 0.6 is 0 Å². The molecule has 0 aliphatic carbocycles. The van der Waals surface area contributed by atoms with Gasteiger partial charge in [-0.2, -0.15) is 0 Å². The molecule has 108 valence electrons. The van der Waals surface area contributed by atoms with Crippen molar-refractivity contribution in [3.05, 3.63) is 0 Å². The quantitative estimate of drug-likeness (QED) is 0.377. The van der Waals surface area contributed by atoms with E-state index in [1.807, 2.05) is 6.92 Å². The van der Waals surface area contributed by atoms with Crippen LogP contribution in [0.25, 0.3) is 0 Å². The van der Waals surface area contributed by atoms with Gasteiger partial charge in [-0.05, 0) is 26.2 Å². The molecule has 4 nitrogen and oxygen atoms in total. The summed E-state index contributed by atoms with van der Waals surface area (Å²) in [6.07, 6.45) is 5.70. The van der Waals surface area contributed by atoms with Crippen LogP contribution in [0.1, 0.15) is 52.4 Å². The fourth-order valence-electron chi connectivity index (χ4n) is 1.45. The highest BCUT2D eigenvalue weighted by Crippen LogP contribution is 2.01. The van der Waals surface area contributed by atoms with Gasteiger partial charge in [-0.3, -0.25) is 4.79 Å². The number of hydrogen-bond donors (Lipinski definition) is 0. The Balaban J connectivity index is 3.01. The molecule has 0 saturated carbocycles. The monoisotopic (exact) mass is 260 g/mol. The van der Waals surface area contributed by atoms with E-state index >= 15 is 0 Å². The highest BCUT2D eigenvalue weighted by Gasteiger charge is 2.00. The largest absolute Gasteiger partial charge is 0.466 e. The summed E-state index contributed by atoms with van der Waals surface area (Å²) >= 11 is 0. The first-order valence-corrected chi connectivity index (χ1v) is 7.12. The van der Waals surface area contributed by atoms with Gasteiger partial charge in [-0.25, -0.2) is 0 Å². The summed E-state index contributed by atoms with van der Waals surface area (Å²) < 4.78 is 15.6. The maximum absolute atomic E-state index is 11.0. The lowest BCUT2D eigenvalue weighted by Crippen LogP contribution is -2.06. The highest BCUT2D eigenvalue weighted by atomic mass is 16.5. The minimum atomic E-state index is -0.0947. The van der Waals surface area contributed by atoms with E-state index in [-0.39, 0.29) is 5.97 Å². The molecule has 0 fully saturated rings. The first-order chi connectivity index (χ1) is 8.81. The maximum atomic E-state index is 11.0. The smallest absolute Gasteiger partial charge is 0.305 e. The first kappa shape index (κ1) is 17.4. The zero-order valence-electron chi connectivity index (χ0n) is 11.9. The van der Waals surface area contributed by atoms with Crippen molar-refractivity contribution in [3.63, 3.8) is 0 Å². The van der Waals surface area contributed by atoms with Crippen molar-refractivity contribution in [2.45, 2.75) is 52.4 Å². The third-order valence-corrected chi connectivity index (χ3v) is 2.49. The Bertz CT molecular complexity index is 183. The molecule has 0 aromatic rings. The molecule has 0 aromatic heterocycles. The molecule has 0 bridgehead atoms. The molecule has 0 unspecified atom stereocenters. The molecule has 0 atom stereocenters. The van der Waals surface area contributed by atoms with Crippen LogP contribution < -0.4 is 0 Å². The Morgan fingerprint density at radius 2 is 1.50 bits per heavy atom. The lowest BCUT2D eigenvalue weighted by Gasteiger charge is -2.05. The van der Waals surface area contributed by atoms with Crippen molar-refractivity contribution in [1.82, 2.24) is 0 Å². The van der Waals surface area contributed by atoms with E-state index in [1.54, 1.807) is 0 Å². The van der Waals surface area contributed by atoms with E-state index in [0.29, 0.717) is 26.2 Å². The van der Waals surface area contributed by atoms with Gasteiger partial charge < -0.3 is 14.2 Å². The Morgan fingerprint density at radius 3 is 2.11 bits per heavy atom. The van der Waals surface area contributed by atoms with E-state index < -0.39 is 0 Å². The molecule has 0 radical (unpaired) electrons. The summed E-state index contributed by atoms with van der Waals surface area (Å²) in [4.78, 5) is 11.0. The standard InChI is InChI=1S/C14H28O4/c1-3-5-10-16-12-13-17-11-8-6-7-9-14(15)18-4-2/h3-13H2,1-2H3. The molecule has 0 saturated heterocycles. The van der Waals surface area contributed by atoms with Gasteiger partial charge in [-0.15, -0.1) is 0 Å². The Kier molecular flexibility index (Phi) is 14.0. The van der Waals surface area contributed by atoms with Crippen LogP contribution in [0.4, 0.5) is 0 Å². The Morgan fingerprint density at radius 1 is 0.833 bits per heavy atom. The van der Waals surface area contributed by atoms with E-state index in [0.717, 1.165) is 38.9 Å². The van der Waals surface area contributed by atoms with Crippen LogP contribution in [0.2, 0.25) is 0 Å². The lowest BCUT2D eigenvalue weighted by atomic mass is 10.2. The van der Waals surface area contributed by atoms with E-state index in [1.165, 1.54) is 6.42 Å². The molecule has 0 aliphatic rings. The fraction of sp³-hybridized carbons (Fsp3) is 0.929. The van der Waals surface area contributed by atoms with E-state index in [2.05, 4.69) is 6.92 Å². The molecule has 0 rings (SSSR count). The lowest BCUT2D eigenvalue weighted by molar-refractivity contribution is -0.143. The topological polar surface area (TPSA) is 44.8 Å². The van der Waals surface area contributed by atoms with Gasteiger partial charge in [0.1, 0.15) is 0 Å². The van der Waals surface area contributed by atoms with Gasteiger partial charge >= 0.3 is 5.97 Å². The summed E-state index contributed by atoms with van der Waals surface area (Å²) in [7, 11) is 0. The van der Waals surface area contributed by atoms with Gasteiger partial charge in [0.2, 0.25) is 0 Å². The molecule has 0 heterocycles. The molecule has 0 N–H and O–H groups in total. The van der Waals surface area contributed by atoms with Crippen molar-refractivity contribution in [1.29, 1.82) is 0 Å². The molecule has 18 heavy (non-hydrogen) atoms. The van der Waals surface area contributed by atoms with Crippen LogP contribution in [0.3, 0.4) is 0 Å². The number of rotatable bonds is 13. The highest BCUT2D eigenvalue weighted by molar-refractivity contribution is 5.69. The molecule has 0 aromatic carbocycles. The second kappa shape index (κ2) is 14.5. The van der Waals surface area contributed by atoms with Crippen molar-refractivity contribution < 1.29 is 19.0 Å². The second-order valence-electron chi connectivity index (χ2n) is 4.19. The molecule has 0 spiro atoms. The molecule has 0 amide bonds. The van der Waals surface area contributed by atoms with E-state index in [4.69, 9.17) is 14.2 Å². The Labute approximate surface area is 111 Å². The molecular formula is C14H28O4. The molecule has 4 heteroatoms. The van der Waals surface area contributed by atoms with Crippen molar-refractivity contribution in [3.8, 4) is 0 Å². The zero-order valence-corrected chi connectivity index (χ0v) is 11.9. The van der Waals surface area contributed by atoms with Crippen LogP contribution in [-0.2, 0) is 19.0 Å². The summed E-state index contributed by atoms with van der Waals surface area (Å²) in [6.45, 7) is 7.38. The number of esters is 1. The number of ether oxygens (including phenoxy) is 3. The minimum Gasteiger partial charge on any atom is -0.466 e. The van der Waals surface area contributed by atoms with Gasteiger partial charge in [0.15, 0.2) is 0 Å². The predicted octanol–water partition coefficient (Wildman–Crippen LogP) is 2.94. The normalized spacial score (nSPS) is 10.6.